The molecule has 0 saturated heterocycles. The molecule has 2 aliphatic rings. The van der Waals surface area contributed by atoms with Crippen molar-refractivity contribution in [1.29, 1.82) is 0 Å². The summed E-state index contributed by atoms with van der Waals surface area (Å²) >= 11 is 0. The van der Waals surface area contributed by atoms with E-state index in [1.165, 1.54) is 35.2 Å². The van der Waals surface area contributed by atoms with Gasteiger partial charge in [-0.15, -0.1) is 0 Å². The van der Waals surface area contributed by atoms with Crippen molar-refractivity contribution in [3.8, 4) is 0 Å². The quantitative estimate of drug-likeness (QED) is 0.784. The minimum atomic E-state index is 0.538. The predicted molar refractivity (Wildman–Crippen MR) is 74.9 cm³/mol. The molecule has 1 aliphatic heterocycles. The summed E-state index contributed by atoms with van der Waals surface area (Å²) in [4.78, 5) is 13.3. The molecule has 0 aromatic carbocycles. The Morgan fingerprint density at radius 2 is 2.06 bits per heavy atom. The first-order valence-electron chi connectivity index (χ1n) is 6.83. The molecular formula is C15H19N3. The first-order chi connectivity index (χ1) is 8.77. The van der Waals surface area contributed by atoms with Gasteiger partial charge in [-0.1, -0.05) is 13.8 Å². The topological polar surface area (TPSA) is 37.6 Å². The van der Waals surface area contributed by atoms with E-state index in [1.807, 2.05) is 6.20 Å². The largest absolute Gasteiger partial charge is 0.273 e. The van der Waals surface area contributed by atoms with E-state index in [4.69, 9.17) is 0 Å². The number of hydrogen-bond acceptors (Lipinski definition) is 3. The predicted octanol–water partition coefficient (Wildman–Crippen LogP) is 2.91. The Bertz CT molecular complexity index is 527. The Kier molecular flexibility index (Phi) is 2.98. The van der Waals surface area contributed by atoms with Gasteiger partial charge in [0, 0.05) is 30.4 Å². The molecule has 0 spiro atoms. The summed E-state index contributed by atoms with van der Waals surface area (Å²) in [5.74, 6) is 0.538. The summed E-state index contributed by atoms with van der Waals surface area (Å²) in [6.07, 6.45) is 8.25. The molecule has 0 atom stereocenters. The number of aliphatic imine (C=N–C) groups is 2. The second-order valence-corrected chi connectivity index (χ2v) is 5.37. The van der Waals surface area contributed by atoms with Crippen molar-refractivity contribution in [2.24, 2.45) is 9.98 Å². The zero-order chi connectivity index (χ0) is 12.5. The van der Waals surface area contributed by atoms with Gasteiger partial charge < -0.3 is 0 Å². The number of rotatable bonds is 2. The summed E-state index contributed by atoms with van der Waals surface area (Å²) < 4.78 is 0. The van der Waals surface area contributed by atoms with E-state index in [2.05, 4.69) is 28.8 Å². The van der Waals surface area contributed by atoms with Crippen molar-refractivity contribution < 1.29 is 0 Å². The van der Waals surface area contributed by atoms with Crippen molar-refractivity contribution in [3.63, 3.8) is 0 Å². The van der Waals surface area contributed by atoms with Gasteiger partial charge in [-0.2, -0.15) is 0 Å². The van der Waals surface area contributed by atoms with Crippen LogP contribution in [0.25, 0.3) is 0 Å². The maximum atomic E-state index is 4.65. The van der Waals surface area contributed by atoms with Crippen molar-refractivity contribution in [2.75, 3.05) is 6.54 Å². The van der Waals surface area contributed by atoms with Gasteiger partial charge in [-0.3, -0.25) is 9.98 Å². The van der Waals surface area contributed by atoms with Crippen molar-refractivity contribution in [2.45, 2.75) is 45.4 Å². The molecule has 0 fully saturated rings. The first-order valence-corrected chi connectivity index (χ1v) is 6.83. The standard InChI is InChI=1S/C15H19N3/c1-10(2)15-11-4-3-5-13(11)17-8-12(15)14-6-7-16-9-18-14/h8-10H,3-7H2,1-2H3. The summed E-state index contributed by atoms with van der Waals surface area (Å²) in [6.45, 7) is 5.40. The monoisotopic (exact) mass is 241 g/mol. The van der Waals surface area contributed by atoms with Crippen LogP contribution in [-0.4, -0.2) is 23.6 Å². The second kappa shape index (κ2) is 4.63. The van der Waals surface area contributed by atoms with E-state index in [-0.39, 0.29) is 0 Å². The van der Waals surface area contributed by atoms with Gasteiger partial charge in [0.25, 0.3) is 0 Å². The highest BCUT2D eigenvalue weighted by atomic mass is 14.9. The lowest BCUT2D eigenvalue weighted by Crippen LogP contribution is -2.14. The molecule has 94 valence electrons. The van der Waals surface area contributed by atoms with Gasteiger partial charge in [0.05, 0.1) is 5.71 Å². The Labute approximate surface area is 108 Å². The zero-order valence-electron chi connectivity index (χ0n) is 11.1. The number of aryl methyl sites for hydroxylation is 1. The average Bonchev–Trinajstić information content (AvgIpc) is 2.86. The highest BCUT2D eigenvalue weighted by Crippen LogP contribution is 2.32. The average molecular weight is 241 g/mol. The molecule has 0 saturated carbocycles. The van der Waals surface area contributed by atoms with Crippen LogP contribution in [0.4, 0.5) is 0 Å². The molecule has 0 unspecified atom stereocenters. The Balaban J connectivity index is 2.14. The lowest BCUT2D eigenvalue weighted by atomic mass is 9.89. The van der Waals surface area contributed by atoms with E-state index in [9.17, 15) is 0 Å². The van der Waals surface area contributed by atoms with Crippen LogP contribution in [0.5, 0.6) is 0 Å². The van der Waals surface area contributed by atoms with Gasteiger partial charge in [0.15, 0.2) is 0 Å². The smallest absolute Gasteiger partial charge is 0.110 e. The Hall–Kier alpha value is -1.51. The van der Waals surface area contributed by atoms with Gasteiger partial charge in [0.1, 0.15) is 6.34 Å². The highest BCUT2D eigenvalue weighted by molar-refractivity contribution is 6.06. The number of pyridine rings is 1. The Morgan fingerprint density at radius 3 is 2.78 bits per heavy atom. The fraction of sp³-hybridized carbons (Fsp3) is 0.533. The summed E-state index contributed by atoms with van der Waals surface area (Å²) in [6, 6.07) is 0. The molecule has 0 bridgehead atoms. The molecule has 1 aromatic heterocycles. The van der Waals surface area contributed by atoms with Gasteiger partial charge in [-0.25, -0.2) is 4.99 Å². The minimum Gasteiger partial charge on any atom is -0.273 e. The van der Waals surface area contributed by atoms with E-state index in [0.29, 0.717) is 5.92 Å². The van der Waals surface area contributed by atoms with Crippen LogP contribution in [0.1, 0.15) is 55.0 Å². The summed E-state index contributed by atoms with van der Waals surface area (Å²) in [7, 11) is 0. The van der Waals surface area contributed by atoms with E-state index < -0.39 is 0 Å². The van der Waals surface area contributed by atoms with Crippen molar-refractivity contribution >= 4 is 12.1 Å². The molecule has 0 N–H and O–H groups in total. The maximum absolute atomic E-state index is 4.65. The first kappa shape index (κ1) is 11.6. The number of aromatic nitrogens is 1. The van der Waals surface area contributed by atoms with Gasteiger partial charge >= 0.3 is 0 Å². The van der Waals surface area contributed by atoms with Crippen LogP contribution in [0.15, 0.2) is 16.2 Å². The molecule has 3 heteroatoms. The fourth-order valence-corrected chi connectivity index (χ4v) is 3.03. The molecule has 1 aliphatic carbocycles. The van der Waals surface area contributed by atoms with Crippen LogP contribution in [-0.2, 0) is 12.8 Å². The molecular weight excluding hydrogens is 222 g/mol. The van der Waals surface area contributed by atoms with Crippen molar-refractivity contribution in [3.05, 3.63) is 28.6 Å². The molecule has 2 heterocycles. The van der Waals surface area contributed by atoms with Crippen LogP contribution in [0, 0.1) is 0 Å². The normalized spacial score (nSPS) is 18.1. The zero-order valence-corrected chi connectivity index (χ0v) is 11.1. The lowest BCUT2D eigenvalue weighted by Gasteiger charge is -2.19. The molecule has 1 aromatic rings. The van der Waals surface area contributed by atoms with Gasteiger partial charge in [0.2, 0.25) is 0 Å². The molecule has 18 heavy (non-hydrogen) atoms. The van der Waals surface area contributed by atoms with Crippen LogP contribution in [0.2, 0.25) is 0 Å². The van der Waals surface area contributed by atoms with Crippen molar-refractivity contribution in [1.82, 2.24) is 4.98 Å². The number of fused-ring (bicyclic) bond motifs is 1. The third-order valence-corrected chi connectivity index (χ3v) is 3.81. The maximum Gasteiger partial charge on any atom is 0.110 e. The highest BCUT2D eigenvalue weighted by Gasteiger charge is 2.23. The molecule has 0 amide bonds. The molecule has 0 radical (unpaired) electrons. The summed E-state index contributed by atoms with van der Waals surface area (Å²) in [5.41, 5.74) is 6.71. The van der Waals surface area contributed by atoms with Crippen LogP contribution in [0.3, 0.4) is 0 Å². The number of hydrogen-bond donors (Lipinski definition) is 0. The van der Waals surface area contributed by atoms with E-state index in [0.717, 1.165) is 25.1 Å². The third-order valence-electron chi connectivity index (χ3n) is 3.81. The van der Waals surface area contributed by atoms with Crippen LogP contribution < -0.4 is 0 Å². The lowest BCUT2D eigenvalue weighted by molar-refractivity contribution is 0.832. The van der Waals surface area contributed by atoms with Crippen LogP contribution >= 0.6 is 0 Å². The van der Waals surface area contributed by atoms with E-state index >= 15 is 0 Å². The fourth-order valence-electron chi connectivity index (χ4n) is 3.03. The number of nitrogens with zero attached hydrogens (tertiary/aromatic N) is 3. The summed E-state index contributed by atoms with van der Waals surface area (Å²) in [5, 5.41) is 0. The molecule has 3 nitrogen and oxygen atoms in total. The molecule has 3 rings (SSSR count). The second-order valence-electron chi connectivity index (χ2n) is 5.37. The third kappa shape index (κ3) is 1.88. The minimum absolute atomic E-state index is 0.538. The van der Waals surface area contributed by atoms with Gasteiger partial charge in [-0.05, 0) is 36.3 Å². The Morgan fingerprint density at radius 1 is 1.17 bits per heavy atom. The SMILES string of the molecule is CC(C)c1c(C2=NC=NCC2)cnc2c1CCC2. The van der Waals surface area contributed by atoms with E-state index in [1.54, 1.807) is 6.34 Å².